The lowest BCUT2D eigenvalue weighted by Gasteiger charge is -1.83. The molecule has 1 rings (SSSR count). The number of hydrogen-bond donors (Lipinski definition) is 2. The maximum atomic E-state index is 9.00. The van der Waals surface area contributed by atoms with Crippen LogP contribution in [-0.2, 0) is 4.79 Å². The van der Waals surface area contributed by atoms with Gasteiger partial charge in [-0.05, 0) is 12.1 Å². The Morgan fingerprint density at radius 2 is 1.67 bits per heavy atom. The summed E-state index contributed by atoms with van der Waals surface area (Å²) in [5.41, 5.74) is 6.18. The molecule has 0 aliphatic rings. The van der Waals surface area contributed by atoms with E-state index >= 15 is 0 Å². The van der Waals surface area contributed by atoms with Crippen LogP contribution in [0.25, 0.3) is 0 Å². The van der Waals surface area contributed by atoms with Gasteiger partial charge in [0.05, 0.1) is 0 Å². The van der Waals surface area contributed by atoms with E-state index in [0.717, 1.165) is 12.6 Å². The highest BCUT2D eigenvalue weighted by Crippen LogP contribution is 1.95. The third-order valence-electron chi connectivity index (χ3n) is 0.800. The molecule has 0 saturated heterocycles. The van der Waals surface area contributed by atoms with Gasteiger partial charge in [0.15, 0.2) is 0 Å². The normalized spacial score (nSPS) is 7.08. The van der Waals surface area contributed by atoms with Gasteiger partial charge in [-0.25, -0.2) is 0 Å². The summed E-state index contributed by atoms with van der Waals surface area (Å²) in [6.07, 6.45) is 0. The molecule has 0 heterocycles. The van der Waals surface area contributed by atoms with E-state index in [-0.39, 0.29) is 12.4 Å². The minimum Gasteiger partial charge on any atom is -0.481 e. The summed E-state index contributed by atoms with van der Waals surface area (Å²) in [6, 6.07) is 9.49. The molecule has 0 bridgehead atoms. The molecule has 1 aromatic rings. The Balaban J connectivity index is 0. The first kappa shape index (κ1) is 13.4. The van der Waals surface area contributed by atoms with E-state index < -0.39 is 5.97 Å². The number of carbonyl (C=O) groups is 1. The third-order valence-corrected chi connectivity index (χ3v) is 0.800. The van der Waals surface area contributed by atoms with Crippen molar-refractivity contribution in [3.05, 3.63) is 30.3 Å². The summed E-state index contributed by atoms with van der Waals surface area (Å²) in [4.78, 5) is 9.00. The summed E-state index contributed by atoms with van der Waals surface area (Å²) < 4.78 is 0. The van der Waals surface area contributed by atoms with Gasteiger partial charge in [0.2, 0.25) is 0 Å². The Bertz CT molecular complexity index is 210. The van der Waals surface area contributed by atoms with Crippen LogP contribution in [0, 0.1) is 0 Å². The van der Waals surface area contributed by atoms with Gasteiger partial charge in [-0.3, -0.25) is 4.79 Å². The molecule has 4 heteroatoms. The van der Waals surface area contributed by atoms with Gasteiger partial charge in [-0.2, -0.15) is 0 Å². The van der Waals surface area contributed by atoms with E-state index in [1.54, 1.807) is 0 Å². The molecular weight excluding hydrogens is 178 g/mol. The maximum Gasteiger partial charge on any atom is 0.300 e. The predicted octanol–water partition coefficient (Wildman–Crippen LogP) is 1.78. The summed E-state index contributed by atoms with van der Waals surface area (Å²) >= 11 is 0. The monoisotopic (exact) mass is 189 g/mol. The van der Waals surface area contributed by atoms with Gasteiger partial charge in [-0.1, -0.05) is 18.2 Å². The Labute approximate surface area is 77.6 Å². The average Bonchev–Trinajstić information content (AvgIpc) is 1.87. The zero-order valence-corrected chi connectivity index (χ0v) is 7.54. The van der Waals surface area contributed by atoms with Crippen molar-refractivity contribution in [3.8, 4) is 0 Å². The Kier molecular flexibility index (Phi) is 8.79. The molecule has 0 unspecified atom stereocenters. The third kappa shape index (κ3) is 11.6. The van der Waals surface area contributed by atoms with Crippen LogP contribution >= 0.6 is 12.4 Å². The number of hydrogen-bond acceptors (Lipinski definition) is 2. The Morgan fingerprint density at radius 3 is 1.83 bits per heavy atom. The van der Waals surface area contributed by atoms with Crippen molar-refractivity contribution < 1.29 is 9.90 Å². The molecular formula is C8H12ClNO2. The molecule has 68 valence electrons. The number of nitrogen functional groups attached to an aromatic ring is 1. The van der Waals surface area contributed by atoms with Crippen LogP contribution in [0.15, 0.2) is 30.3 Å². The fraction of sp³-hybridized carbons (Fsp3) is 0.125. The lowest BCUT2D eigenvalue weighted by Crippen LogP contribution is -1.79. The second-order valence-electron chi connectivity index (χ2n) is 1.93. The highest BCUT2D eigenvalue weighted by atomic mass is 35.5. The summed E-state index contributed by atoms with van der Waals surface area (Å²) in [6.45, 7) is 1.08. The van der Waals surface area contributed by atoms with Crippen molar-refractivity contribution >= 4 is 24.1 Å². The fourth-order valence-corrected chi connectivity index (χ4v) is 0.453. The highest BCUT2D eigenvalue weighted by Gasteiger charge is 1.72. The van der Waals surface area contributed by atoms with Crippen molar-refractivity contribution in [1.82, 2.24) is 0 Å². The lowest BCUT2D eigenvalue weighted by atomic mass is 10.3. The molecule has 0 aliphatic heterocycles. The number of rotatable bonds is 0. The first-order valence-corrected chi connectivity index (χ1v) is 3.13. The van der Waals surface area contributed by atoms with Gasteiger partial charge in [0.25, 0.3) is 5.97 Å². The van der Waals surface area contributed by atoms with Crippen LogP contribution in [0.4, 0.5) is 5.69 Å². The van der Waals surface area contributed by atoms with Crippen molar-refractivity contribution in [2.75, 3.05) is 5.73 Å². The predicted molar refractivity (Wildman–Crippen MR) is 51.4 cm³/mol. The molecule has 12 heavy (non-hydrogen) atoms. The Hall–Kier alpha value is -1.22. The summed E-state index contributed by atoms with van der Waals surface area (Å²) in [5, 5.41) is 7.42. The first-order valence-electron chi connectivity index (χ1n) is 3.13. The smallest absolute Gasteiger partial charge is 0.300 e. The van der Waals surface area contributed by atoms with Gasteiger partial charge in [-0.15, -0.1) is 12.4 Å². The van der Waals surface area contributed by atoms with Crippen LogP contribution in [0.3, 0.4) is 0 Å². The highest BCUT2D eigenvalue weighted by molar-refractivity contribution is 5.85. The minimum absolute atomic E-state index is 0. The maximum absolute atomic E-state index is 9.00. The lowest BCUT2D eigenvalue weighted by molar-refractivity contribution is -0.134. The quantitative estimate of drug-likeness (QED) is 0.612. The van der Waals surface area contributed by atoms with E-state index in [9.17, 15) is 0 Å². The number of carboxylic acids is 1. The van der Waals surface area contributed by atoms with Gasteiger partial charge in [0, 0.05) is 12.6 Å². The molecule has 0 aliphatic carbocycles. The largest absolute Gasteiger partial charge is 0.481 e. The van der Waals surface area contributed by atoms with E-state index in [2.05, 4.69) is 0 Å². The summed E-state index contributed by atoms with van der Waals surface area (Å²) in [7, 11) is 0. The molecule has 3 nitrogen and oxygen atoms in total. The number of benzene rings is 1. The molecule has 0 fully saturated rings. The summed E-state index contributed by atoms with van der Waals surface area (Å²) in [5.74, 6) is -0.833. The SMILES string of the molecule is CC(=O)O.Cl.Nc1ccccc1. The first-order chi connectivity index (χ1) is 5.13. The fourth-order valence-electron chi connectivity index (χ4n) is 0.453. The molecule has 0 spiro atoms. The Morgan fingerprint density at radius 1 is 1.33 bits per heavy atom. The zero-order valence-electron chi connectivity index (χ0n) is 6.73. The molecule has 0 aromatic heterocycles. The molecule has 0 amide bonds. The van der Waals surface area contributed by atoms with E-state index in [0.29, 0.717) is 0 Å². The number of carboxylic acid groups (broad SMARTS) is 1. The molecule has 3 N–H and O–H groups in total. The van der Waals surface area contributed by atoms with E-state index in [1.165, 1.54) is 0 Å². The number of anilines is 1. The molecule has 0 atom stereocenters. The van der Waals surface area contributed by atoms with Crippen LogP contribution in [-0.4, -0.2) is 11.1 Å². The van der Waals surface area contributed by atoms with Crippen molar-refractivity contribution in [3.63, 3.8) is 0 Å². The van der Waals surface area contributed by atoms with Crippen molar-refractivity contribution in [1.29, 1.82) is 0 Å². The molecule has 1 aromatic carbocycles. The van der Waals surface area contributed by atoms with Crippen molar-refractivity contribution in [2.45, 2.75) is 6.92 Å². The van der Waals surface area contributed by atoms with Crippen LogP contribution < -0.4 is 5.73 Å². The molecule has 0 saturated carbocycles. The molecule has 0 radical (unpaired) electrons. The van der Waals surface area contributed by atoms with Gasteiger partial charge in [0.1, 0.15) is 0 Å². The number of nitrogens with two attached hydrogens (primary N) is 1. The second-order valence-corrected chi connectivity index (χ2v) is 1.93. The van der Waals surface area contributed by atoms with Gasteiger partial charge < -0.3 is 10.8 Å². The zero-order chi connectivity index (χ0) is 8.69. The number of halogens is 1. The van der Waals surface area contributed by atoms with E-state index in [1.807, 2.05) is 30.3 Å². The van der Waals surface area contributed by atoms with Crippen molar-refractivity contribution in [2.24, 2.45) is 0 Å². The van der Waals surface area contributed by atoms with E-state index in [4.69, 9.17) is 15.6 Å². The van der Waals surface area contributed by atoms with Gasteiger partial charge >= 0.3 is 0 Å². The van der Waals surface area contributed by atoms with Crippen LogP contribution in [0.1, 0.15) is 6.92 Å². The second kappa shape index (κ2) is 7.88. The van der Waals surface area contributed by atoms with Crippen LogP contribution in [0.5, 0.6) is 0 Å². The average molecular weight is 190 g/mol. The van der Waals surface area contributed by atoms with Crippen LogP contribution in [0.2, 0.25) is 0 Å². The number of para-hydroxylation sites is 1. The number of aliphatic carboxylic acids is 1. The topological polar surface area (TPSA) is 63.3 Å². The minimum atomic E-state index is -0.833. The standard InChI is InChI=1S/C6H7N.C2H4O2.ClH/c7-6-4-2-1-3-5-6;1-2(3)4;/h1-5H,7H2;1H3,(H,3,4);1H.